The average Bonchev–Trinajstić information content (AvgIpc) is 2.97. The Morgan fingerprint density at radius 3 is 2.10 bits per heavy atom. The van der Waals surface area contributed by atoms with E-state index < -0.39 is 38.2 Å². The van der Waals surface area contributed by atoms with E-state index in [2.05, 4.69) is 15.3 Å². The van der Waals surface area contributed by atoms with Gasteiger partial charge in [0.15, 0.2) is 0 Å². The van der Waals surface area contributed by atoms with Gasteiger partial charge in [-0.25, -0.2) is 4.68 Å². The summed E-state index contributed by atoms with van der Waals surface area (Å²) < 4.78 is 31.8. The Morgan fingerprint density at radius 2 is 1.59 bits per heavy atom. The molecular formula is C16H10N4Na2O6S. The Bertz CT molecular complexity index is 1130. The molecule has 0 saturated heterocycles. The SMILES string of the molecule is O=C([O-])c1nn(-c2ccc(S(=O)(=O)O)cc2)c([O-])c1N=Nc1ccccc1.[Na+].[Na+]. The number of aromatic nitrogens is 2. The number of carbonyl (C=O) groups excluding carboxylic acids is 1. The average molecular weight is 432 g/mol. The van der Waals surface area contributed by atoms with E-state index >= 15 is 0 Å². The van der Waals surface area contributed by atoms with Crippen molar-refractivity contribution in [1.29, 1.82) is 0 Å². The van der Waals surface area contributed by atoms with Gasteiger partial charge in [-0.05, 0) is 36.4 Å². The number of aromatic carboxylic acids is 1. The molecule has 2 aromatic carbocycles. The van der Waals surface area contributed by atoms with Crippen molar-refractivity contribution in [1.82, 2.24) is 9.78 Å². The molecule has 1 aromatic heterocycles. The molecule has 1 N–H and O–H groups in total. The normalized spacial score (nSPS) is 10.9. The first-order valence-electron chi connectivity index (χ1n) is 7.33. The van der Waals surface area contributed by atoms with Crippen LogP contribution in [0.4, 0.5) is 11.4 Å². The van der Waals surface area contributed by atoms with E-state index in [1.54, 1.807) is 30.3 Å². The molecule has 0 amide bonds. The third-order valence-electron chi connectivity index (χ3n) is 3.41. The summed E-state index contributed by atoms with van der Waals surface area (Å²) in [6.07, 6.45) is 0. The largest absolute Gasteiger partial charge is 1.00 e. The fourth-order valence-electron chi connectivity index (χ4n) is 2.16. The number of hydrogen-bond acceptors (Lipinski definition) is 8. The van der Waals surface area contributed by atoms with Gasteiger partial charge in [0.25, 0.3) is 10.1 Å². The summed E-state index contributed by atoms with van der Waals surface area (Å²) in [5, 5.41) is 34.9. The molecule has 0 aliphatic rings. The van der Waals surface area contributed by atoms with Crippen molar-refractivity contribution in [2.24, 2.45) is 10.2 Å². The van der Waals surface area contributed by atoms with E-state index in [1.807, 2.05) is 0 Å². The summed E-state index contributed by atoms with van der Waals surface area (Å²) in [7, 11) is -4.41. The number of rotatable bonds is 5. The van der Waals surface area contributed by atoms with Crippen LogP contribution in [0.3, 0.4) is 0 Å². The van der Waals surface area contributed by atoms with Gasteiger partial charge < -0.3 is 15.0 Å². The Labute approximate surface area is 209 Å². The molecule has 0 saturated carbocycles. The second-order valence-electron chi connectivity index (χ2n) is 5.21. The zero-order chi connectivity index (χ0) is 19.6. The number of azo groups is 1. The quantitative estimate of drug-likeness (QED) is 0.240. The van der Waals surface area contributed by atoms with Crippen molar-refractivity contribution in [3.05, 3.63) is 60.3 Å². The van der Waals surface area contributed by atoms with Gasteiger partial charge in [0.05, 0.1) is 22.2 Å². The van der Waals surface area contributed by atoms with Gasteiger partial charge in [0.1, 0.15) is 11.4 Å². The summed E-state index contributed by atoms with van der Waals surface area (Å²) in [5.41, 5.74) is -0.779. The van der Waals surface area contributed by atoms with Crippen molar-refractivity contribution in [2.45, 2.75) is 4.90 Å². The molecule has 0 atom stereocenters. The zero-order valence-electron chi connectivity index (χ0n) is 15.4. The summed E-state index contributed by atoms with van der Waals surface area (Å²) in [5.74, 6) is -2.60. The Kier molecular flexibility index (Phi) is 9.18. The van der Waals surface area contributed by atoms with Crippen LogP contribution in [0.15, 0.2) is 69.7 Å². The van der Waals surface area contributed by atoms with Gasteiger partial charge in [-0.15, -0.1) is 5.11 Å². The predicted octanol–water partition coefficient (Wildman–Crippen LogP) is -5.02. The third kappa shape index (κ3) is 5.96. The summed E-state index contributed by atoms with van der Waals surface area (Å²) in [4.78, 5) is 10.9. The number of nitrogens with zero attached hydrogens (tertiary/aromatic N) is 4. The van der Waals surface area contributed by atoms with Crippen LogP contribution in [0.2, 0.25) is 0 Å². The maximum absolute atomic E-state index is 12.5. The Morgan fingerprint density at radius 1 is 1.00 bits per heavy atom. The molecule has 10 nitrogen and oxygen atoms in total. The molecule has 0 radical (unpaired) electrons. The molecule has 138 valence electrons. The molecule has 29 heavy (non-hydrogen) atoms. The van der Waals surface area contributed by atoms with Gasteiger partial charge in [-0.2, -0.15) is 18.6 Å². The van der Waals surface area contributed by atoms with Gasteiger partial charge >= 0.3 is 59.1 Å². The second-order valence-corrected chi connectivity index (χ2v) is 6.63. The van der Waals surface area contributed by atoms with Crippen molar-refractivity contribution in [3.8, 4) is 11.6 Å². The van der Waals surface area contributed by atoms with E-state index in [-0.39, 0.29) is 64.8 Å². The number of benzene rings is 2. The van der Waals surface area contributed by atoms with Crippen molar-refractivity contribution in [3.63, 3.8) is 0 Å². The fraction of sp³-hybridized carbons (Fsp3) is 0. The first kappa shape index (κ1) is 25.5. The zero-order valence-corrected chi connectivity index (χ0v) is 20.2. The maximum Gasteiger partial charge on any atom is 1.00 e. The van der Waals surface area contributed by atoms with Crippen LogP contribution in [0.5, 0.6) is 5.88 Å². The molecule has 1 heterocycles. The van der Waals surface area contributed by atoms with Crippen LogP contribution < -0.4 is 69.3 Å². The van der Waals surface area contributed by atoms with Gasteiger partial charge in [0.2, 0.25) is 0 Å². The molecule has 0 spiro atoms. The van der Waals surface area contributed by atoms with E-state index in [1.165, 1.54) is 12.1 Å². The fourth-order valence-corrected chi connectivity index (χ4v) is 2.64. The minimum absolute atomic E-state index is 0. The minimum atomic E-state index is -4.41. The van der Waals surface area contributed by atoms with Crippen LogP contribution >= 0.6 is 0 Å². The third-order valence-corrected chi connectivity index (χ3v) is 4.28. The van der Waals surface area contributed by atoms with E-state index in [0.29, 0.717) is 5.69 Å². The Balaban J connectivity index is 0.00000210. The number of carboxylic acids is 1. The number of hydrogen-bond donors (Lipinski definition) is 1. The first-order chi connectivity index (χ1) is 12.8. The Hall–Kier alpha value is -1.57. The van der Waals surface area contributed by atoms with Crippen molar-refractivity contribution in [2.75, 3.05) is 0 Å². The molecule has 0 bridgehead atoms. The van der Waals surface area contributed by atoms with E-state index in [4.69, 9.17) is 4.55 Å². The molecule has 3 aromatic rings. The second kappa shape index (κ2) is 10.5. The van der Waals surface area contributed by atoms with E-state index in [9.17, 15) is 23.4 Å². The smallest absolute Gasteiger partial charge is 0.857 e. The van der Waals surface area contributed by atoms with E-state index in [0.717, 1.165) is 16.8 Å². The van der Waals surface area contributed by atoms with Crippen molar-refractivity contribution < 1.29 is 87.1 Å². The molecule has 0 aliphatic carbocycles. The number of carboxylic acid groups (broad SMARTS) is 1. The summed E-state index contributed by atoms with van der Waals surface area (Å²) in [6, 6.07) is 12.8. The molecule has 0 aliphatic heterocycles. The van der Waals surface area contributed by atoms with Gasteiger partial charge in [-0.1, -0.05) is 18.2 Å². The molecule has 13 heteroatoms. The van der Waals surface area contributed by atoms with Crippen LogP contribution in [0, 0.1) is 0 Å². The van der Waals surface area contributed by atoms with Crippen LogP contribution in [-0.4, -0.2) is 28.7 Å². The van der Waals surface area contributed by atoms with Gasteiger partial charge in [0, 0.05) is 5.88 Å². The van der Waals surface area contributed by atoms with Crippen molar-refractivity contribution >= 4 is 27.5 Å². The summed E-state index contributed by atoms with van der Waals surface area (Å²) in [6.45, 7) is 0. The summed E-state index contributed by atoms with van der Waals surface area (Å²) >= 11 is 0. The molecule has 0 fully saturated rings. The number of carbonyl (C=O) groups is 1. The van der Waals surface area contributed by atoms with Crippen LogP contribution in [-0.2, 0) is 10.1 Å². The molecule has 0 unspecified atom stereocenters. The standard InChI is InChI=1S/C16H12N4O6S.2Na/c21-15-13(18-17-10-4-2-1-3-5-10)14(16(22)23)19-20(15)11-6-8-12(9-7-11)27(24,25)26;;/h1-9,21H,(H,22,23)(H,24,25,26);;/q;2*+1/p-2. The first-order valence-corrected chi connectivity index (χ1v) is 8.77. The van der Waals surface area contributed by atoms with Crippen LogP contribution in [0.1, 0.15) is 10.5 Å². The van der Waals surface area contributed by atoms with Crippen LogP contribution in [0.25, 0.3) is 5.69 Å². The monoisotopic (exact) mass is 432 g/mol. The predicted molar refractivity (Wildman–Crippen MR) is 87.8 cm³/mol. The van der Waals surface area contributed by atoms with Gasteiger partial charge in [-0.3, -0.25) is 4.55 Å². The maximum atomic E-state index is 12.5. The molecular weight excluding hydrogens is 422 g/mol. The molecule has 3 rings (SSSR count). The topological polar surface area (TPSA) is 160 Å². The minimum Gasteiger partial charge on any atom is -0.857 e.